The number of carboxylic acids is 1. The number of hydrogen-bond acceptors (Lipinski definition) is 3. The molecule has 0 aliphatic heterocycles. The third-order valence-electron chi connectivity index (χ3n) is 3.62. The van der Waals surface area contributed by atoms with Crippen LogP contribution < -0.4 is 5.32 Å². The Hall–Kier alpha value is -0.610. The highest BCUT2D eigenvalue weighted by Gasteiger charge is 2.38. The van der Waals surface area contributed by atoms with Gasteiger partial charge in [-0.2, -0.15) is 0 Å². The molecule has 4 heteroatoms. The zero-order chi connectivity index (χ0) is 13.8. The van der Waals surface area contributed by atoms with Gasteiger partial charge in [-0.15, -0.1) is 0 Å². The predicted octanol–water partition coefficient (Wildman–Crippen LogP) is 1.95. The first-order valence-corrected chi connectivity index (χ1v) is 7.11. The largest absolute Gasteiger partial charge is 0.480 e. The van der Waals surface area contributed by atoms with Gasteiger partial charge in [-0.1, -0.05) is 20.8 Å². The average Bonchev–Trinajstić information content (AvgIpc) is 3.07. The predicted molar refractivity (Wildman–Crippen MR) is 73.8 cm³/mol. The molecule has 106 valence electrons. The highest BCUT2D eigenvalue weighted by molar-refractivity contribution is 5.78. The standard InChI is InChI=1S/C14H28N2O2/c1-5-15-14(4,13(17)18)10-16(12-6-7-12)9-8-11(2)3/h11-12,15H,5-10H2,1-4H3,(H,17,18). The molecule has 18 heavy (non-hydrogen) atoms. The summed E-state index contributed by atoms with van der Waals surface area (Å²) in [4.78, 5) is 13.8. The van der Waals surface area contributed by atoms with Crippen LogP contribution in [-0.2, 0) is 4.79 Å². The normalized spacial score (nSPS) is 19.2. The molecule has 0 heterocycles. The van der Waals surface area contributed by atoms with Gasteiger partial charge >= 0.3 is 5.97 Å². The van der Waals surface area contributed by atoms with Crippen LogP contribution in [0, 0.1) is 5.92 Å². The van der Waals surface area contributed by atoms with E-state index in [0.29, 0.717) is 25.0 Å². The van der Waals surface area contributed by atoms with Crippen molar-refractivity contribution in [2.45, 2.75) is 58.5 Å². The first kappa shape index (κ1) is 15.4. The molecule has 1 rings (SSSR count). The molecule has 0 aromatic heterocycles. The summed E-state index contributed by atoms with van der Waals surface area (Å²) in [5.41, 5.74) is -0.825. The third kappa shape index (κ3) is 4.58. The van der Waals surface area contributed by atoms with Crippen LogP contribution in [0.3, 0.4) is 0 Å². The third-order valence-corrected chi connectivity index (χ3v) is 3.62. The summed E-state index contributed by atoms with van der Waals surface area (Å²) in [6.45, 7) is 10.5. The molecule has 1 atom stereocenters. The highest BCUT2D eigenvalue weighted by Crippen LogP contribution is 2.28. The molecule has 0 aromatic carbocycles. The van der Waals surface area contributed by atoms with E-state index in [1.54, 1.807) is 6.92 Å². The lowest BCUT2D eigenvalue weighted by molar-refractivity contribution is -0.145. The topological polar surface area (TPSA) is 52.6 Å². The molecule has 0 aromatic rings. The Balaban J connectivity index is 2.59. The Bertz CT molecular complexity index is 277. The van der Waals surface area contributed by atoms with Crippen molar-refractivity contribution in [1.82, 2.24) is 10.2 Å². The van der Waals surface area contributed by atoms with E-state index in [0.717, 1.165) is 13.0 Å². The first-order chi connectivity index (χ1) is 8.39. The van der Waals surface area contributed by atoms with E-state index in [2.05, 4.69) is 24.1 Å². The molecule has 1 fully saturated rings. The number of hydrogen-bond donors (Lipinski definition) is 2. The summed E-state index contributed by atoms with van der Waals surface area (Å²) in [6.07, 6.45) is 3.58. The lowest BCUT2D eigenvalue weighted by atomic mass is 10.0. The molecule has 1 saturated carbocycles. The van der Waals surface area contributed by atoms with E-state index in [1.165, 1.54) is 12.8 Å². The molecular formula is C14H28N2O2. The molecule has 0 spiro atoms. The molecule has 0 bridgehead atoms. The minimum atomic E-state index is -0.825. The monoisotopic (exact) mass is 256 g/mol. The van der Waals surface area contributed by atoms with Crippen LogP contribution in [0.1, 0.15) is 47.0 Å². The van der Waals surface area contributed by atoms with Crippen LogP contribution in [0.5, 0.6) is 0 Å². The lowest BCUT2D eigenvalue weighted by Gasteiger charge is -2.33. The number of carboxylic acid groups (broad SMARTS) is 1. The van der Waals surface area contributed by atoms with Crippen molar-refractivity contribution in [3.63, 3.8) is 0 Å². The van der Waals surface area contributed by atoms with Gasteiger partial charge in [0.25, 0.3) is 0 Å². The van der Waals surface area contributed by atoms with Crippen molar-refractivity contribution in [1.29, 1.82) is 0 Å². The minimum absolute atomic E-state index is 0.605. The number of nitrogens with one attached hydrogen (secondary N) is 1. The molecule has 0 radical (unpaired) electrons. The molecule has 2 N–H and O–H groups in total. The molecule has 0 saturated heterocycles. The Morgan fingerprint density at radius 2 is 2.11 bits per heavy atom. The van der Waals surface area contributed by atoms with Crippen LogP contribution in [0.2, 0.25) is 0 Å². The molecule has 4 nitrogen and oxygen atoms in total. The van der Waals surface area contributed by atoms with Gasteiger partial charge in [-0.3, -0.25) is 9.69 Å². The van der Waals surface area contributed by atoms with E-state index in [1.807, 2.05) is 6.92 Å². The number of rotatable bonds is 9. The van der Waals surface area contributed by atoms with Crippen LogP contribution in [0.25, 0.3) is 0 Å². The van der Waals surface area contributed by atoms with E-state index >= 15 is 0 Å². The fraction of sp³-hybridized carbons (Fsp3) is 0.929. The van der Waals surface area contributed by atoms with Crippen molar-refractivity contribution in [2.24, 2.45) is 5.92 Å². The number of likely N-dealkylation sites (N-methyl/N-ethyl adjacent to an activating group) is 1. The summed E-state index contributed by atoms with van der Waals surface area (Å²) in [5, 5.41) is 12.5. The summed E-state index contributed by atoms with van der Waals surface area (Å²) in [7, 11) is 0. The summed E-state index contributed by atoms with van der Waals surface area (Å²) in [5.74, 6) is -0.0824. The fourth-order valence-electron chi connectivity index (χ4n) is 2.25. The van der Waals surface area contributed by atoms with Crippen molar-refractivity contribution >= 4 is 5.97 Å². The van der Waals surface area contributed by atoms with Gasteiger partial charge in [0.2, 0.25) is 0 Å². The highest BCUT2D eigenvalue weighted by atomic mass is 16.4. The van der Waals surface area contributed by atoms with Gasteiger partial charge < -0.3 is 10.4 Å². The van der Waals surface area contributed by atoms with Crippen molar-refractivity contribution in [2.75, 3.05) is 19.6 Å². The minimum Gasteiger partial charge on any atom is -0.480 e. The SMILES string of the molecule is CCNC(C)(CN(CCC(C)C)C1CC1)C(=O)O. The van der Waals surface area contributed by atoms with E-state index in [9.17, 15) is 9.90 Å². The second kappa shape index (κ2) is 6.53. The van der Waals surface area contributed by atoms with Crippen molar-refractivity contribution in [3.05, 3.63) is 0 Å². The number of aliphatic carboxylic acids is 1. The Morgan fingerprint density at radius 3 is 2.50 bits per heavy atom. The maximum Gasteiger partial charge on any atom is 0.324 e. The number of nitrogens with zero attached hydrogens (tertiary/aromatic N) is 1. The molecular weight excluding hydrogens is 228 g/mol. The fourth-order valence-corrected chi connectivity index (χ4v) is 2.25. The Kier molecular flexibility index (Phi) is 5.60. The Labute approximate surface area is 111 Å². The van der Waals surface area contributed by atoms with Crippen molar-refractivity contribution < 1.29 is 9.90 Å². The first-order valence-electron chi connectivity index (χ1n) is 7.11. The van der Waals surface area contributed by atoms with Gasteiger partial charge in [-0.25, -0.2) is 0 Å². The zero-order valence-corrected chi connectivity index (χ0v) is 12.2. The maximum atomic E-state index is 11.4. The van der Waals surface area contributed by atoms with E-state index < -0.39 is 11.5 Å². The molecule has 1 unspecified atom stereocenters. The quantitative estimate of drug-likeness (QED) is 0.662. The van der Waals surface area contributed by atoms with E-state index in [4.69, 9.17) is 0 Å². The van der Waals surface area contributed by atoms with E-state index in [-0.39, 0.29) is 0 Å². The molecule has 1 aliphatic rings. The van der Waals surface area contributed by atoms with Gasteiger partial charge in [0.15, 0.2) is 0 Å². The second-order valence-electron chi connectivity index (χ2n) is 6.05. The van der Waals surface area contributed by atoms with Crippen molar-refractivity contribution in [3.8, 4) is 0 Å². The van der Waals surface area contributed by atoms with Crippen LogP contribution in [0.4, 0.5) is 0 Å². The lowest BCUT2D eigenvalue weighted by Crippen LogP contribution is -2.57. The summed E-state index contributed by atoms with van der Waals surface area (Å²) >= 11 is 0. The van der Waals surface area contributed by atoms with Crippen LogP contribution >= 0.6 is 0 Å². The van der Waals surface area contributed by atoms with Gasteiger partial charge in [-0.05, 0) is 45.2 Å². The van der Waals surface area contributed by atoms with Crippen LogP contribution in [0.15, 0.2) is 0 Å². The molecule has 1 aliphatic carbocycles. The second-order valence-corrected chi connectivity index (χ2v) is 6.05. The average molecular weight is 256 g/mol. The summed E-state index contributed by atoms with van der Waals surface area (Å²) < 4.78 is 0. The van der Waals surface area contributed by atoms with Gasteiger partial charge in [0.05, 0.1) is 0 Å². The van der Waals surface area contributed by atoms with Gasteiger partial charge in [0.1, 0.15) is 5.54 Å². The Morgan fingerprint density at radius 1 is 1.50 bits per heavy atom. The zero-order valence-electron chi connectivity index (χ0n) is 12.2. The van der Waals surface area contributed by atoms with Crippen LogP contribution in [-0.4, -0.2) is 47.2 Å². The molecule has 0 amide bonds. The number of carbonyl (C=O) groups is 1. The summed E-state index contributed by atoms with van der Waals surface area (Å²) in [6, 6.07) is 0.612. The maximum absolute atomic E-state index is 11.4. The van der Waals surface area contributed by atoms with Gasteiger partial charge in [0, 0.05) is 12.6 Å². The smallest absolute Gasteiger partial charge is 0.324 e.